The molecular weight excluding hydrogens is 741 g/mol. The Hall–Kier alpha value is -3.70. The summed E-state index contributed by atoms with van der Waals surface area (Å²) in [6.45, 7) is 3.95. The molecule has 1 N–H and O–H groups in total. The highest BCUT2D eigenvalue weighted by atomic mass is 16.6. The summed E-state index contributed by atoms with van der Waals surface area (Å²) >= 11 is 0. The van der Waals surface area contributed by atoms with Crippen LogP contribution in [0.25, 0.3) is 0 Å². The van der Waals surface area contributed by atoms with Crippen LogP contribution in [0.3, 0.4) is 0 Å². The molecule has 0 aromatic rings. The minimum atomic E-state index is -0.815. The van der Waals surface area contributed by atoms with Gasteiger partial charge in [-0.2, -0.15) is 0 Å². The molecule has 1 unspecified atom stereocenters. The van der Waals surface area contributed by atoms with Crippen molar-refractivity contribution in [3.63, 3.8) is 0 Å². The van der Waals surface area contributed by atoms with Gasteiger partial charge in [-0.25, -0.2) is 0 Å². The molecule has 338 valence electrons. The zero-order valence-electron chi connectivity index (χ0n) is 38.4. The average molecular weight is 829 g/mol. The van der Waals surface area contributed by atoms with Crippen molar-refractivity contribution in [2.75, 3.05) is 13.2 Å². The lowest BCUT2D eigenvalue weighted by atomic mass is 10.1. The van der Waals surface area contributed by atoms with Gasteiger partial charge in [0.2, 0.25) is 0 Å². The number of rotatable bonds is 42. The molecule has 0 aliphatic heterocycles. The Morgan fingerprint density at radius 3 is 1.13 bits per heavy atom. The number of hydrogen-bond acceptors (Lipinski definition) is 5. The Bertz CT molecular complexity index is 1260. The lowest BCUT2D eigenvalue weighted by Crippen LogP contribution is -2.28. The number of esters is 2. The molecule has 0 heterocycles. The van der Waals surface area contributed by atoms with Gasteiger partial charge >= 0.3 is 11.9 Å². The zero-order valence-corrected chi connectivity index (χ0v) is 38.4. The van der Waals surface area contributed by atoms with Crippen LogP contribution in [-0.2, 0) is 19.1 Å². The lowest BCUT2D eigenvalue weighted by molar-refractivity contribution is -0.161. The van der Waals surface area contributed by atoms with Crippen LogP contribution < -0.4 is 0 Å². The molecule has 0 bridgehead atoms. The fourth-order valence-corrected chi connectivity index (χ4v) is 6.14. The summed E-state index contributed by atoms with van der Waals surface area (Å²) in [4.78, 5) is 24.4. The minimum absolute atomic E-state index is 0.101. The average Bonchev–Trinajstić information content (AvgIpc) is 3.25. The van der Waals surface area contributed by atoms with Gasteiger partial charge in [-0.15, -0.1) is 0 Å². The van der Waals surface area contributed by atoms with E-state index in [0.29, 0.717) is 12.8 Å². The van der Waals surface area contributed by atoms with Crippen molar-refractivity contribution in [3.05, 3.63) is 122 Å². The predicted molar refractivity (Wildman–Crippen MR) is 260 cm³/mol. The van der Waals surface area contributed by atoms with E-state index in [1.807, 2.05) is 0 Å². The monoisotopic (exact) mass is 829 g/mol. The molecule has 5 heteroatoms. The number of carbonyl (C=O) groups excluding carboxylic acids is 2. The summed E-state index contributed by atoms with van der Waals surface area (Å²) in [5, 5.41) is 9.60. The van der Waals surface area contributed by atoms with Crippen LogP contribution in [0.5, 0.6) is 0 Å². The first-order valence-electron chi connectivity index (χ1n) is 24.1. The second kappa shape index (κ2) is 49.7. The SMILES string of the molecule is CC/C=C\C/C=C\C/C=C\C/C=C\C/C=C\C/C=C\C/C=C\CCCC(=O)OC(CO)COC(=O)CCCCCCCCCC/C=C\C/C=C\C/C=C\CCCCCCC. The first-order chi connectivity index (χ1) is 29.6. The van der Waals surface area contributed by atoms with Gasteiger partial charge in [0.1, 0.15) is 6.61 Å². The molecule has 0 radical (unpaired) electrons. The third-order valence-electron chi connectivity index (χ3n) is 9.74. The van der Waals surface area contributed by atoms with Crippen molar-refractivity contribution < 1.29 is 24.2 Å². The summed E-state index contributed by atoms with van der Waals surface area (Å²) in [5.41, 5.74) is 0. The molecule has 0 aliphatic carbocycles. The van der Waals surface area contributed by atoms with Crippen molar-refractivity contribution in [3.8, 4) is 0 Å². The van der Waals surface area contributed by atoms with Gasteiger partial charge < -0.3 is 14.6 Å². The number of carbonyl (C=O) groups is 2. The Morgan fingerprint density at radius 2 is 0.733 bits per heavy atom. The van der Waals surface area contributed by atoms with E-state index in [4.69, 9.17) is 9.47 Å². The summed E-state index contributed by atoms with van der Waals surface area (Å²) < 4.78 is 10.6. The highest BCUT2D eigenvalue weighted by Crippen LogP contribution is 2.12. The van der Waals surface area contributed by atoms with E-state index in [-0.39, 0.29) is 31.6 Å². The first-order valence-corrected chi connectivity index (χ1v) is 24.1. The maximum Gasteiger partial charge on any atom is 0.306 e. The Labute approximate surface area is 369 Å². The molecule has 0 rings (SSSR count). The van der Waals surface area contributed by atoms with Crippen LogP contribution in [0, 0.1) is 0 Å². The largest absolute Gasteiger partial charge is 0.462 e. The highest BCUT2D eigenvalue weighted by Gasteiger charge is 2.16. The smallest absolute Gasteiger partial charge is 0.306 e. The molecule has 1 atom stereocenters. The zero-order chi connectivity index (χ0) is 43.5. The summed E-state index contributed by atoms with van der Waals surface area (Å²) in [6, 6.07) is 0. The van der Waals surface area contributed by atoms with Crippen molar-refractivity contribution >= 4 is 11.9 Å². The molecule has 0 spiro atoms. The number of aliphatic hydroxyl groups excluding tert-OH is 1. The Morgan fingerprint density at radius 1 is 0.400 bits per heavy atom. The fraction of sp³-hybridized carbons (Fsp3) is 0.600. The second-order valence-electron chi connectivity index (χ2n) is 15.4. The molecule has 0 fully saturated rings. The van der Waals surface area contributed by atoms with E-state index in [9.17, 15) is 14.7 Å². The van der Waals surface area contributed by atoms with Crippen molar-refractivity contribution in [1.29, 1.82) is 0 Å². The van der Waals surface area contributed by atoms with Crippen molar-refractivity contribution in [1.82, 2.24) is 0 Å². The van der Waals surface area contributed by atoms with Gasteiger partial charge in [-0.05, 0) is 103 Å². The number of allylic oxidation sites excluding steroid dienone is 20. The van der Waals surface area contributed by atoms with Gasteiger partial charge in [0, 0.05) is 12.8 Å². The van der Waals surface area contributed by atoms with Crippen molar-refractivity contribution in [2.45, 2.75) is 200 Å². The second-order valence-corrected chi connectivity index (χ2v) is 15.4. The number of aliphatic hydroxyl groups is 1. The molecule has 0 amide bonds. The van der Waals surface area contributed by atoms with Crippen LogP contribution in [0.4, 0.5) is 0 Å². The molecule has 5 nitrogen and oxygen atoms in total. The third kappa shape index (κ3) is 47.0. The third-order valence-corrected chi connectivity index (χ3v) is 9.74. The maximum atomic E-state index is 12.2. The van der Waals surface area contributed by atoms with Crippen LogP contribution in [0.1, 0.15) is 194 Å². The van der Waals surface area contributed by atoms with E-state index in [1.54, 1.807) is 0 Å². The van der Waals surface area contributed by atoms with E-state index in [1.165, 1.54) is 70.6 Å². The molecule has 0 saturated carbocycles. The maximum absolute atomic E-state index is 12.2. The van der Waals surface area contributed by atoms with Crippen molar-refractivity contribution in [2.24, 2.45) is 0 Å². The van der Waals surface area contributed by atoms with Crippen LogP contribution >= 0.6 is 0 Å². The van der Waals surface area contributed by atoms with Gasteiger partial charge in [0.15, 0.2) is 6.10 Å². The summed E-state index contributed by atoms with van der Waals surface area (Å²) in [5.74, 6) is -0.678. The predicted octanol–water partition coefficient (Wildman–Crippen LogP) is 16.0. The van der Waals surface area contributed by atoms with E-state index in [0.717, 1.165) is 89.9 Å². The van der Waals surface area contributed by atoms with E-state index >= 15 is 0 Å². The standard InChI is InChI=1S/C55H88O5/c1-3-5-7-9-11-13-15-17-19-21-23-25-27-29-31-33-35-37-39-41-43-45-47-49-54(57)59-52-53(51-56)60-55(58)50-48-46-44-42-40-38-36-34-32-30-28-26-24-22-20-18-16-14-12-10-8-6-4-2/h6,8,12,14-15,17-18,20-21,23-24,26-27,29-30,32,36,38,42,44,53,56H,3-5,7,9-11,13,16,19,22,25,28,31,33-35,37,39-41,43,45-52H2,1-2H3/b8-6-,14-12-,17-15-,20-18-,23-21-,26-24-,29-27-,32-30-,38-36-,44-42-. The molecule has 0 aromatic heterocycles. The fourth-order valence-electron chi connectivity index (χ4n) is 6.14. The molecule has 0 aromatic carbocycles. The normalized spacial score (nSPS) is 13.3. The Balaban J connectivity index is 3.69. The number of hydrogen-bond donors (Lipinski definition) is 1. The Kier molecular flexibility index (Phi) is 46.6. The first kappa shape index (κ1) is 56.3. The van der Waals surface area contributed by atoms with Gasteiger partial charge in [-0.3, -0.25) is 9.59 Å². The van der Waals surface area contributed by atoms with E-state index < -0.39 is 6.10 Å². The number of ether oxygens (including phenoxy) is 2. The van der Waals surface area contributed by atoms with E-state index in [2.05, 4.69) is 135 Å². The molecule has 0 aliphatic rings. The molecule has 60 heavy (non-hydrogen) atoms. The molecule has 0 saturated heterocycles. The highest BCUT2D eigenvalue weighted by molar-refractivity contribution is 5.70. The van der Waals surface area contributed by atoms with Gasteiger partial charge in [-0.1, -0.05) is 200 Å². The lowest BCUT2D eigenvalue weighted by Gasteiger charge is -2.15. The van der Waals surface area contributed by atoms with Gasteiger partial charge in [0.25, 0.3) is 0 Å². The topological polar surface area (TPSA) is 72.8 Å². The molecular formula is C55H88O5. The van der Waals surface area contributed by atoms with Crippen LogP contribution in [0.15, 0.2) is 122 Å². The van der Waals surface area contributed by atoms with Crippen LogP contribution in [-0.4, -0.2) is 36.4 Å². The van der Waals surface area contributed by atoms with Crippen LogP contribution in [0.2, 0.25) is 0 Å². The number of unbranched alkanes of at least 4 members (excludes halogenated alkanes) is 14. The van der Waals surface area contributed by atoms with Gasteiger partial charge in [0.05, 0.1) is 6.61 Å². The minimum Gasteiger partial charge on any atom is -0.462 e. The quantitative estimate of drug-likeness (QED) is 0.0377. The summed E-state index contributed by atoms with van der Waals surface area (Å²) in [7, 11) is 0. The summed E-state index contributed by atoms with van der Waals surface area (Å²) in [6.07, 6.45) is 72.8.